The molecule has 0 aromatic rings. The highest BCUT2D eigenvalue weighted by atomic mass is 19.4. The van der Waals surface area contributed by atoms with Crippen LogP contribution in [0.25, 0.3) is 0 Å². The van der Waals surface area contributed by atoms with E-state index in [9.17, 15) is 22.4 Å². The third kappa shape index (κ3) is 12.0. The van der Waals surface area contributed by atoms with Gasteiger partial charge in [0.1, 0.15) is 5.92 Å². The number of hydrogen-bond donors (Lipinski definition) is 0. The third-order valence-electron chi connectivity index (χ3n) is 4.02. The van der Waals surface area contributed by atoms with Gasteiger partial charge in [-0.05, 0) is 6.42 Å². The highest BCUT2D eigenvalue weighted by molar-refractivity contribution is 5.71. The first-order valence-corrected chi connectivity index (χ1v) is 8.65. The molecule has 22 heavy (non-hydrogen) atoms. The molecule has 0 aromatic carbocycles. The van der Waals surface area contributed by atoms with Crippen LogP contribution in [0.3, 0.4) is 0 Å². The van der Waals surface area contributed by atoms with Crippen LogP contribution in [0.15, 0.2) is 0 Å². The minimum absolute atomic E-state index is 0.261. The highest BCUT2D eigenvalue weighted by Gasteiger charge is 2.44. The second kappa shape index (κ2) is 12.9. The molecule has 0 saturated carbocycles. The SMILES string of the molecule is CCCCCCCCCCCCCCC(C(=O)F)C(F)(F)F. The summed E-state index contributed by atoms with van der Waals surface area (Å²) >= 11 is 0. The van der Waals surface area contributed by atoms with Crippen LogP contribution >= 0.6 is 0 Å². The van der Waals surface area contributed by atoms with Crippen LogP contribution < -0.4 is 0 Å². The Morgan fingerprint density at radius 1 is 0.773 bits per heavy atom. The molecule has 0 aliphatic heterocycles. The number of rotatable bonds is 14. The average molecular weight is 326 g/mol. The first-order valence-electron chi connectivity index (χ1n) is 8.65. The molecule has 0 aliphatic carbocycles. The Balaban J connectivity index is 3.41. The Bertz CT molecular complexity index is 276. The highest BCUT2D eigenvalue weighted by Crippen LogP contribution is 2.31. The molecule has 5 heteroatoms. The topological polar surface area (TPSA) is 17.1 Å². The van der Waals surface area contributed by atoms with E-state index in [-0.39, 0.29) is 6.42 Å². The molecule has 0 heterocycles. The molecule has 1 unspecified atom stereocenters. The van der Waals surface area contributed by atoms with Crippen LogP contribution in [-0.4, -0.2) is 12.2 Å². The zero-order valence-corrected chi connectivity index (χ0v) is 13.7. The molecule has 0 aliphatic rings. The molecule has 0 N–H and O–H groups in total. The van der Waals surface area contributed by atoms with Crippen molar-refractivity contribution >= 4 is 6.04 Å². The van der Waals surface area contributed by atoms with Gasteiger partial charge in [-0.25, -0.2) is 0 Å². The summed E-state index contributed by atoms with van der Waals surface area (Å²) in [6.45, 7) is 2.19. The summed E-state index contributed by atoms with van der Waals surface area (Å²) in [6, 6.07) is -2.25. The van der Waals surface area contributed by atoms with Crippen LogP contribution in [0.4, 0.5) is 17.6 Å². The molecule has 132 valence electrons. The lowest BCUT2D eigenvalue weighted by atomic mass is 10.00. The minimum Gasteiger partial charge on any atom is -0.260 e. The van der Waals surface area contributed by atoms with Crippen molar-refractivity contribution in [1.29, 1.82) is 0 Å². The molecule has 1 nitrogen and oxygen atoms in total. The fourth-order valence-electron chi connectivity index (χ4n) is 2.60. The van der Waals surface area contributed by atoms with Gasteiger partial charge in [0, 0.05) is 0 Å². The number of carbonyl (C=O) groups excluding carboxylic acids is 1. The summed E-state index contributed by atoms with van der Waals surface area (Å²) in [4.78, 5) is 10.3. The zero-order chi connectivity index (χ0) is 16.8. The maximum absolute atomic E-state index is 12.3. The number of carbonyl (C=O) groups is 1. The van der Waals surface area contributed by atoms with Crippen LogP contribution in [0.5, 0.6) is 0 Å². The molecular weight excluding hydrogens is 296 g/mol. The summed E-state index contributed by atoms with van der Waals surface area (Å²) < 4.78 is 49.3. The second-order valence-electron chi connectivity index (χ2n) is 6.08. The van der Waals surface area contributed by atoms with E-state index in [2.05, 4.69) is 6.92 Å². The van der Waals surface area contributed by atoms with E-state index < -0.39 is 24.6 Å². The van der Waals surface area contributed by atoms with Gasteiger partial charge in [-0.15, -0.1) is 0 Å². The first-order chi connectivity index (χ1) is 10.4. The smallest absolute Gasteiger partial charge is 0.260 e. The lowest BCUT2D eigenvalue weighted by Crippen LogP contribution is -2.28. The maximum atomic E-state index is 12.3. The zero-order valence-electron chi connectivity index (χ0n) is 13.7. The van der Waals surface area contributed by atoms with E-state index >= 15 is 0 Å². The molecule has 0 aromatic heterocycles. The van der Waals surface area contributed by atoms with Crippen LogP contribution in [-0.2, 0) is 4.79 Å². The maximum Gasteiger partial charge on any atom is 0.401 e. The van der Waals surface area contributed by atoms with Gasteiger partial charge in [-0.3, -0.25) is 4.79 Å². The van der Waals surface area contributed by atoms with Gasteiger partial charge in [-0.1, -0.05) is 84.0 Å². The van der Waals surface area contributed by atoms with Gasteiger partial charge in [0.25, 0.3) is 0 Å². The van der Waals surface area contributed by atoms with Gasteiger partial charge in [0.05, 0.1) is 0 Å². The largest absolute Gasteiger partial charge is 0.401 e. The Morgan fingerprint density at radius 3 is 1.45 bits per heavy atom. The third-order valence-corrected chi connectivity index (χ3v) is 4.02. The fourth-order valence-corrected chi connectivity index (χ4v) is 2.60. The molecule has 0 fully saturated rings. The normalized spacial score (nSPS) is 13.3. The van der Waals surface area contributed by atoms with Crippen molar-refractivity contribution < 1.29 is 22.4 Å². The average Bonchev–Trinajstić information content (AvgIpc) is 2.42. The first kappa shape index (κ1) is 21.4. The minimum atomic E-state index is -4.75. The molecule has 0 radical (unpaired) electrons. The summed E-state index contributed by atoms with van der Waals surface area (Å²) in [5.41, 5.74) is 0. The Hall–Kier alpha value is -0.610. The standard InChI is InChI=1S/C17H30F4O/c1-2-3-4-5-6-7-8-9-10-11-12-13-14-15(16(18)22)17(19,20)21/h15H,2-14H2,1H3. The van der Waals surface area contributed by atoms with Crippen molar-refractivity contribution in [3.8, 4) is 0 Å². The monoisotopic (exact) mass is 326 g/mol. The molecule has 0 saturated heterocycles. The van der Waals surface area contributed by atoms with E-state index in [1.54, 1.807) is 0 Å². The molecular formula is C17H30F4O. The van der Waals surface area contributed by atoms with E-state index in [1.807, 2.05) is 0 Å². The van der Waals surface area contributed by atoms with Gasteiger partial charge < -0.3 is 0 Å². The van der Waals surface area contributed by atoms with E-state index in [0.717, 1.165) is 19.3 Å². The van der Waals surface area contributed by atoms with Crippen LogP contribution in [0, 0.1) is 5.92 Å². The Kier molecular flexibility index (Phi) is 12.5. The lowest BCUT2D eigenvalue weighted by molar-refractivity contribution is -0.189. The lowest BCUT2D eigenvalue weighted by Gasteiger charge is -2.14. The predicted octanol–water partition coefficient (Wildman–Crippen LogP) is 6.75. The Morgan fingerprint density at radius 2 is 1.14 bits per heavy atom. The summed E-state index contributed by atoms with van der Waals surface area (Å²) in [5, 5.41) is 0. The summed E-state index contributed by atoms with van der Waals surface area (Å²) in [5.74, 6) is -2.42. The van der Waals surface area contributed by atoms with Crippen molar-refractivity contribution in [3.05, 3.63) is 0 Å². The van der Waals surface area contributed by atoms with E-state index in [4.69, 9.17) is 0 Å². The number of unbranched alkanes of at least 4 members (excludes halogenated alkanes) is 11. The molecule has 0 amide bonds. The van der Waals surface area contributed by atoms with Crippen molar-refractivity contribution in [2.24, 2.45) is 5.92 Å². The fraction of sp³-hybridized carbons (Fsp3) is 0.941. The van der Waals surface area contributed by atoms with E-state index in [1.165, 1.54) is 44.9 Å². The summed E-state index contributed by atoms with van der Waals surface area (Å²) in [7, 11) is 0. The van der Waals surface area contributed by atoms with Crippen molar-refractivity contribution in [2.75, 3.05) is 0 Å². The van der Waals surface area contributed by atoms with Crippen molar-refractivity contribution in [3.63, 3.8) is 0 Å². The summed E-state index contributed by atoms with van der Waals surface area (Å²) in [6.07, 6.45) is 7.56. The van der Waals surface area contributed by atoms with Gasteiger partial charge >= 0.3 is 12.2 Å². The quantitative estimate of drug-likeness (QED) is 0.196. The van der Waals surface area contributed by atoms with E-state index in [0.29, 0.717) is 6.42 Å². The van der Waals surface area contributed by atoms with Crippen molar-refractivity contribution in [1.82, 2.24) is 0 Å². The predicted molar refractivity (Wildman–Crippen MR) is 81.4 cm³/mol. The number of alkyl halides is 3. The Labute approximate surface area is 131 Å². The molecule has 0 rings (SSSR count). The van der Waals surface area contributed by atoms with Crippen LogP contribution in [0.2, 0.25) is 0 Å². The number of halogens is 4. The molecule has 0 bridgehead atoms. The van der Waals surface area contributed by atoms with Gasteiger partial charge in [0.2, 0.25) is 0 Å². The number of hydrogen-bond acceptors (Lipinski definition) is 1. The van der Waals surface area contributed by atoms with Gasteiger partial charge in [-0.2, -0.15) is 17.6 Å². The molecule has 0 spiro atoms. The van der Waals surface area contributed by atoms with Crippen molar-refractivity contribution in [2.45, 2.75) is 96.6 Å². The second-order valence-corrected chi connectivity index (χ2v) is 6.08. The van der Waals surface area contributed by atoms with Gasteiger partial charge in [0.15, 0.2) is 0 Å². The van der Waals surface area contributed by atoms with Crippen LogP contribution in [0.1, 0.15) is 90.4 Å². The molecule has 1 atom stereocenters.